The predicted molar refractivity (Wildman–Crippen MR) is 113 cm³/mol. The fourth-order valence-electron chi connectivity index (χ4n) is 4.87. The minimum absolute atomic E-state index is 0.100. The van der Waals surface area contributed by atoms with Crippen molar-refractivity contribution in [2.45, 2.75) is 44.2 Å². The van der Waals surface area contributed by atoms with Crippen molar-refractivity contribution in [1.82, 2.24) is 15.5 Å². The Morgan fingerprint density at radius 1 is 1.00 bits per heavy atom. The number of carbonyl (C=O) groups is 2. The Hall–Kier alpha value is -2.73. The van der Waals surface area contributed by atoms with Crippen LogP contribution in [0.25, 0.3) is 0 Å². The van der Waals surface area contributed by atoms with Gasteiger partial charge in [0.2, 0.25) is 0 Å². The average Bonchev–Trinajstić information content (AvgIpc) is 3.03. The Balaban J connectivity index is 1.38. The van der Waals surface area contributed by atoms with Gasteiger partial charge in [-0.3, -0.25) is 15.0 Å². The predicted octanol–water partition coefficient (Wildman–Crippen LogP) is 3.64. The largest absolute Gasteiger partial charge is 0.323 e. The molecule has 0 unspecified atom stereocenters. The highest BCUT2D eigenvalue weighted by molar-refractivity contribution is 6.07. The lowest BCUT2D eigenvalue weighted by Crippen LogP contribution is -2.56. The van der Waals surface area contributed by atoms with Gasteiger partial charge in [-0.2, -0.15) is 0 Å². The highest BCUT2D eigenvalue weighted by Gasteiger charge is 2.51. The van der Waals surface area contributed by atoms with Crippen molar-refractivity contribution in [3.05, 3.63) is 71.5 Å². The average molecular weight is 410 g/mol. The van der Waals surface area contributed by atoms with Gasteiger partial charge in [0.15, 0.2) is 0 Å². The van der Waals surface area contributed by atoms with Gasteiger partial charge >= 0.3 is 6.03 Å². The zero-order valence-corrected chi connectivity index (χ0v) is 17.1. The van der Waals surface area contributed by atoms with Gasteiger partial charge in [0.1, 0.15) is 11.4 Å². The number of carbonyl (C=O) groups excluding carboxylic acids is 2. The Labute approximate surface area is 176 Å². The van der Waals surface area contributed by atoms with Gasteiger partial charge in [-0.15, -0.1) is 0 Å². The molecule has 0 saturated carbocycles. The molecule has 0 aromatic heterocycles. The number of hydrogen-bond donors (Lipinski definition) is 2. The lowest BCUT2D eigenvalue weighted by molar-refractivity contribution is -0.127. The standard InChI is InChI=1S/C24H28FN3O2/c25-21-10-4-8-19(16-21)17-28-14-11-20(12-15-28)24(22(29)26-23(30)27-24)13-5-9-18-6-2-1-3-7-18/h1-4,6-8,10,16,20H,5,9,11-15,17H2,(H2,26,27,29,30)/t24-/m0/s1. The first kappa shape index (κ1) is 20.5. The number of benzene rings is 2. The monoisotopic (exact) mass is 409 g/mol. The summed E-state index contributed by atoms with van der Waals surface area (Å²) in [5.74, 6) is -0.308. The van der Waals surface area contributed by atoms with Gasteiger partial charge in [0.25, 0.3) is 5.91 Å². The van der Waals surface area contributed by atoms with Crippen molar-refractivity contribution in [2.75, 3.05) is 13.1 Å². The Morgan fingerprint density at radius 3 is 2.40 bits per heavy atom. The van der Waals surface area contributed by atoms with Gasteiger partial charge in [0, 0.05) is 6.54 Å². The van der Waals surface area contributed by atoms with E-state index in [1.54, 1.807) is 12.1 Å². The van der Waals surface area contributed by atoms with Gasteiger partial charge < -0.3 is 5.32 Å². The molecule has 2 aliphatic heterocycles. The van der Waals surface area contributed by atoms with Crippen molar-refractivity contribution in [2.24, 2.45) is 5.92 Å². The molecular formula is C24H28FN3O2. The van der Waals surface area contributed by atoms with E-state index in [4.69, 9.17) is 0 Å². The van der Waals surface area contributed by atoms with Crippen LogP contribution in [0, 0.1) is 11.7 Å². The molecule has 0 aliphatic carbocycles. The van der Waals surface area contributed by atoms with Crippen LogP contribution in [-0.2, 0) is 17.8 Å². The first-order valence-corrected chi connectivity index (χ1v) is 10.7. The number of nitrogens with one attached hydrogen (secondary N) is 2. The number of likely N-dealkylation sites (tertiary alicyclic amines) is 1. The van der Waals surface area contributed by atoms with E-state index in [1.165, 1.54) is 11.6 Å². The number of hydrogen-bond acceptors (Lipinski definition) is 3. The smallest absolute Gasteiger partial charge is 0.322 e. The van der Waals surface area contributed by atoms with Crippen molar-refractivity contribution < 1.29 is 14.0 Å². The number of nitrogens with zero attached hydrogens (tertiary/aromatic N) is 1. The summed E-state index contributed by atoms with van der Waals surface area (Å²) in [6, 6.07) is 16.5. The van der Waals surface area contributed by atoms with Crippen molar-refractivity contribution in [3.8, 4) is 0 Å². The van der Waals surface area contributed by atoms with E-state index in [2.05, 4.69) is 27.7 Å². The molecule has 6 heteroatoms. The van der Waals surface area contributed by atoms with Crippen LogP contribution in [-0.4, -0.2) is 35.5 Å². The van der Waals surface area contributed by atoms with Crippen LogP contribution < -0.4 is 10.6 Å². The number of piperidine rings is 1. The lowest BCUT2D eigenvalue weighted by Gasteiger charge is -2.40. The van der Waals surface area contributed by atoms with E-state index in [9.17, 15) is 14.0 Å². The second kappa shape index (κ2) is 8.96. The first-order valence-electron chi connectivity index (χ1n) is 10.7. The van der Waals surface area contributed by atoms with Gasteiger partial charge in [-0.25, -0.2) is 9.18 Å². The number of urea groups is 1. The third-order valence-electron chi connectivity index (χ3n) is 6.43. The maximum atomic E-state index is 13.5. The Kier molecular flexibility index (Phi) is 6.13. The summed E-state index contributed by atoms with van der Waals surface area (Å²) in [5, 5.41) is 5.44. The highest BCUT2D eigenvalue weighted by atomic mass is 19.1. The molecule has 0 bridgehead atoms. The molecule has 30 heavy (non-hydrogen) atoms. The summed E-state index contributed by atoms with van der Waals surface area (Å²) in [4.78, 5) is 27.1. The summed E-state index contributed by atoms with van der Waals surface area (Å²) in [7, 11) is 0. The topological polar surface area (TPSA) is 61.4 Å². The van der Waals surface area contributed by atoms with Crippen LogP contribution in [0.3, 0.4) is 0 Å². The maximum Gasteiger partial charge on any atom is 0.322 e. The molecule has 2 aliphatic rings. The molecule has 1 atom stereocenters. The normalized spacial score (nSPS) is 22.7. The lowest BCUT2D eigenvalue weighted by atomic mass is 9.74. The summed E-state index contributed by atoms with van der Waals surface area (Å²) in [6.07, 6.45) is 4.00. The molecule has 3 amide bonds. The second-order valence-electron chi connectivity index (χ2n) is 8.40. The minimum atomic E-state index is -0.823. The third-order valence-corrected chi connectivity index (χ3v) is 6.43. The molecular weight excluding hydrogens is 381 g/mol. The number of amides is 3. The number of halogens is 1. The SMILES string of the molecule is O=C1NC(=O)[C@](CCCc2ccccc2)(C2CCN(Cc3cccc(F)c3)CC2)N1. The van der Waals surface area contributed by atoms with Crippen LogP contribution in [0.15, 0.2) is 54.6 Å². The zero-order chi connectivity index (χ0) is 21.0. The Bertz CT molecular complexity index is 896. The van der Waals surface area contributed by atoms with Crippen molar-refractivity contribution in [3.63, 3.8) is 0 Å². The number of rotatable bonds is 7. The maximum absolute atomic E-state index is 13.5. The molecule has 2 fully saturated rings. The van der Waals surface area contributed by atoms with Crippen molar-refractivity contribution >= 4 is 11.9 Å². The van der Waals surface area contributed by atoms with E-state index >= 15 is 0 Å². The minimum Gasteiger partial charge on any atom is -0.323 e. The molecule has 2 aromatic rings. The first-order chi connectivity index (χ1) is 14.5. The molecule has 2 N–H and O–H groups in total. The van der Waals surface area contributed by atoms with Crippen molar-refractivity contribution in [1.29, 1.82) is 0 Å². The number of imide groups is 1. The van der Waals surface area contributed by atoms with Gasteiger partial charge in [-0.05, 0) is 74.4 Å². The molecule has 2 aromatic carbocycles. The summed E-state index contributed by atoms with van der Waals surface area (Å²) in [6.45, 7) is 2.35. The molecule has 2 saturated heterocycles. The van der Waals surface area contributed by atoms with E-state index < -0.39 is 5.54 Å². The highest BCUT2D eigenvalue weighted by Crippen LogP contribution is 2.35. The fraction of sp³-hybridized carbons (Fsp3) is 0.417. The summed E-state index contributed by atoms with van der Waals surface area (Å²) >= 11 is 0. The number of aryl methyl sites for hydroxylation is 1. The van der Waals surface area contributed by atoms with Crippen LogP contribution >= 0.6 is 0 Å². The zero-order valence-electron chi connectivity index (χ0n) is 17.1. The molecule has 2 heterocycles. The molecule has 0 spiro atoms. The van der Waals surface area contributed by atoms with Crippen LogP contribution in [0.4, 0.5) is 9.18 Å². The van der Waals surface area contributed by atoms with E-state index in [0.29, 0.717) is 13.0 Å². The Morgan fingerprint density at radius 2 is 1.73 bits per heavy atom. The molecule has 0 radical (unpaired) electrons. The van der Waals surface area contributed by atoms with Gasteiger partial charge in [-0.1, -0.05) is 42.5 Å². The fourth-order valence-corrected chi connectivity index (χ4v) is 4.87. The molecule has 4 rings (SSSR count). The van der Waals surface area contributed by atoms with E-state index in [0.717, 1.165) is 44.3 Å². The van der Waals surface area contributed by atoms with Crippen LogP contribution in [0.1, 0.15) is 36.8 Å². The summed E-state index contributed by atoms with van der Waals surface area (Å²) < 4.78 is 13.5. The van der Waals surface area contributed by atoms with E-state index in [-0.39, 0.29) is 23.7 Å². The third kappa shape index (κ3) is 4.54. The quantitative estimate of drug-likeness (QED) is 0.687. The second-order valence-corrected chi connectivity index (χ2v) is 8.40. The molecule has 158 valence electrons. The van der Waals surface area contributed by atoms with Crippen LogP contribution in [0.2, 0.25) is 0 Å². The summed E-state index contributed by atoms with van der Waals surface area (Å²) in [5.41, 5.74) is 1.37. The van der Waals surface area contributed by atoms with Crippen LogP contribution in [0.5, 0.6) is 0 Å². The van der Waals surface area contributed by atoms with Gasteiger partial charge in [0.05, 0.1) is 0 Å². The van der Waals surface area contributed by atoms with E-state index in [1.807, 2.05) is 24.3 Å². The molecule has 5 nitrogen and oxygen atoms in total.